The molecule has 1 atom stereocenters. The van der Waals surface area contributed by atoms with Crippen molar-refractivity contribution in [3.8, 4) is 0 Å². The molecule has 1 saturated heterocycles. The van der Waals surface area contributed by atoms with E-state index in [4.69, 9.17) is 0 Å². The first-order valence-electron chi connectivity index (χ1n) is 7.35. The number of nitrogens with one attached hydrogen (secondary N) is 1. The van der Waals surface area contributed by atoms with Crippen LogP contribution in [0.5, 0.6) is 0 Å². The number of piperazine rings is 1. The Labute approximate surface area is 106 Å². The van der Waals surface area contributed by atoms with Crippen molar-refractivity contribution in [3.63, 3.8) is 0 Å². The summed E-state index contributed by atoms with van der Waals surface area (Å²) in [5.74, 6) is 0.943. The quantitative estimate of drug-likeness (QED) is 0.758. The van der Waals surface area contributed by atoms with Crippen LogP contribution in [-0.2, 0) is 0 Å². The molecule has 2 nitrogen and oxygen atoms in total. The molecule has 0 aromatic carbocycles. The second-order valence-electron chi connectivity index (χ2n) is 6.00. The van der Waals surface area contributed by atoms with Crippen molar-refractivity contribution in [3.05, 3.63) is 11.6 Å². The van der Waals surface area contributed by atoms with Gasteiger partial charge in [-0.15, -0.1) is 0 Å². The number of nitrogens with zero attached hydrogens (tertiary/aromatic N) is 1. The van der Waals surface area contributed by atoms with Gasteiger partial charge in [-0.3, -0.25) is 4.90 Å². The fourth-order valence-corrected chi connectivity index (χ4v) is 3.17. The zero-order chi connectivity index (χ0) is 12.1. The van der Waals surface area contributed by atoms with Gasteiger partial charge in [0.2, 0.25) is 0 Å². The van der Waals surface area contributed by atoms with Crippen LogP contribution in [0, 0.1) is 5.92 Å². The van der Waals surface area contributed by atoms with E-state index in [9.17, 15) is 0 Å². The molecule has 0 aromatic heterocycles. The first-order chi connectivity index (χ1) is 8.25. The van der Waals surface area contributed by atoms with E-state index in [-0.39, 0.29) is 0 Å². The molecule has 17 heavy (non-hydrogen) atoms. The summed E-state index contributed by atoms with van der Waals surface area (Å²) >= 11 is 0. The normalized spacial score (nSPS) is 28.0. The summed E-state index contributed by atoms with van der Waals surface area (Å²) in [6, 6.07) is 0.759. The number of allylic oxidation sites excluding steroid dienone is 1. The molecular formula is C15H28N2. The average Bonchev–Trinajstić information content (AvgIpc) is 2.38. The second-order valence-corrected chi connectivity index (χ2v) is 6.00. The van der Waals surface area contributed by atoms with E-state index >= 15 is 0 Å². The lowest BCUT2D eigenvalue weighted by Crippen LogP contribution is -2.54. The summed E-state index contributed by atoms with van der Waals surface area (Å²) in [6.07, 6.45) is 9.64. The Morgan fingerprint density at radius 3 is 2.71 bits per heavy atom. The maximum Gasteiger partial charge on any atom is 0.0223 e. The molecule has 0 radical (unpaired) electrons. The monoisotopic (exact) mass is 236 g/mol. The van der Waals surface area contributed by atoms with E-state index in [1.807, 2.05) is 0 Å². The van der Waals surface area contributed by atoms with Gasteiger partial charge in [-0.05, 0) is 32.6 Å². The molecule has 1 aliphatic heterocycles. The molecule has 1 unspecified atom stereocenters. The van der Waals surface area contributed by atoms with Crippen LogP contribution in [0.3, 0.4) is 0 Å². The van der Waals surface area contributed by atoms with E-state index in [1.165, 1.54) is 57.3 Å². The Balaban J connectivity index is 1.81. The summed E-state index contributed by atoms with van der Waals surface area (Å²) in [5.41, 5.74) is 1.44. The van der Waals surface area contributed by atoms with Crippen molar-refractivity contribution in [2.75, 3.05) is 26.2 Å². The summed E-state index contributed by atoms with van der Waals surface area (Å²) in [5, 5.41) is 3.74. The van der Waals surface area contributed by atoms with Crippen LogP contribution in [0.15, 0.2) is 11.6 Å². The molecule has 0 spiro atoms. The van der Waals surface area contributed by atoms with Crippen molar-refractivity contribution in [1.29, 1.82) is 0 Å². The maximum absolute atomic E-state index is 3.74. The van der Waals surface area contributed by atoms with Crippen LogP contribution >= 0.6 is 0 Å². The van der Waals surface area contributed by atoms with Gasteiger partial charge in [0.15, 0.2) is 0 Å². The Hall–Kier alpha value is -0.340. The SMILES string of the molecule is CC(C)=CCN1CCNC(C2CCCCC2)C1. The molecule has 1 aliphatic carbocycles. The van der Waals surface area contributed by atoms with Gasteiger partial charge in [0.1, 0.15) is 0 Å². The largest absolute Gasteiger partial charge is 0.311 e. The zero-order valence-corrected chi connectivity index (χ0v) is 11.5. The van der Waals surface area contributed by atoms with E-state index in [1.54, 1.807) is 0 Å². The molecule has 1 saturated carbocycles. The highest BCUT2D eigenvalue weighted by molar-refractivity contribution is 4.96. The van der Waals surface area contributed by atoms with Crippen LogP contribution in [0.4, 0.5) is 0 Å². The van der Waals surface area contributed by atoms with Gasteiger partial charge in [0.25, 0.3) is 0 Å². The van der Waals surface area contributed by atoms with Crippen LogP contribution in [0.25, 0.3) is 0 Å². The van der Waals surface area contributed by atoms with Gasteiger partial charge in [0.05, 0.1) is 0 Å². The smallest absolute Gasteiger partial charge is 0.0223 e. The molecule has 0 amide bonds. The molecule has 0 aromatic rings. The van der Waals surface area contributed by atoms with Crippen molar-refractivity contribution < 1.29 is 0 Å². The Kier molecular flexibility index (Phi) is 5.05. The predicted octanol–water partition coefficient (Wildman–Crippen LogP) is 2.81. The molecule has 2 rings (SSSR count). The summed E-state index contributed by atoms with van der Waals surface area (Å²) in [7, 11) is 0. The highest BCUT2D eigenvalue weighted by Crippen LogP contribution is 2.27. The van der Waals surface area contributed by atoms with Crippen molar-refractivity contribution in [2.45, 2.75) is 52.0 Å². The fourth-order valence-electron chi connectivity index (χ4n) is 3.17. The summed E-state index contributed by atoms with van der Waals surface area (Å²) in [6.45, 7) is 9.19. The van der Waals surface area contributed by atoms with Crippen molar-refractivity contribution >= 4 is 0 Å². The van der Waals surface area contributed by atoms with Crippen molar-refractivity contribution in [2.24, 2.45) is 5.92 Å². The molecular weight excluding hydrogens is 208 g/mol. The number of hydrogen-bond acceptors (Lipinski definition) is 2. The van der Waals surface area contributed by atoms with Crippen molar-refractivity contribution in [1.82, 2.24) is 10.2 Å². The first-order valence-corrected chi connectivity index (χ1v) is 7.35. The van der Waals surface area contributed by atoms with Crippen LogP contribution in [0.1, 0.15) is 46.0 Å². The third-order valence-corrected chi connectivity index (χ3v) is 4.27. The lowest BCUT2D eigenvalue weighted by Gasteiger charge is -2.39. The molecule has 2 heteroatoms. The van der Waals surface area contributed by atoms with E-state index in [0.717, 1.165) is 18.5 Å². The van der Waals surface area contributed by atoms with Gasteiger partial charge >= 0.3 is 0 Å². The molecule has 1 N–H and O–H groups in total. The minimum absolute atomic E-state index is 0.759. The minimum atomic E-state index is 0.759. The summed E-state index contributed by atoms with van der Waals surface area (Å²) < 4.78 is 0. The molecule has 1 heterocycles. The van der Waals surface area contributed by atoms with Crippen LogP contribution < -0.4 is 5.32 Å². The third-order valence-electron chi connectivity index (χ3n) is 4.27. The van der Waals surface area contributed by atoms with E-state index in [0.29, 0.717) is 0 Å². The predicted molar refractivity (Wildman–Crippen MR) is 74.2 cm³/mol. The molecule has 2 aliphatic rings. The average molecular weight is 236 g/mol. The Morgan fingerprint density at radius 1 is 1.24 bits per heavy atom. The van der Waals surface area contributed by atoms with E-state index < -0.39 is 0 Å². The second kappa shape index (κ2) is 6.55. The van der Waals surface area contributed by atoms with Gasteiger partial charge < -0.3 is 5.32 Å². The first kappa shape index (κ1) is 13.1. The minimum Gasteiger partial charge on any atom is -0.311 e. The van der Waals surface area contributed by atoms with Gasteiger partial charge in [-0.1, -0.05) is 30.9 Å². The van der Waals surface area contributed by atoms with Crippen LogP contribution in [-0.4, -0.2) is 37.1 Å². The Morgan fingerprint density at radius 2 is 2.00 bits per heavy atom. The molecule has 98 valence electrons. The lowest BCUT2D eigenvalue weighted by atomic mass is 9.83. The third kappa shape index (κ3) is 4.11. The fraction of sp³-hybridized carbons (Fsp3) is 0.867. The standard InChI is InChI=1S/C15H28N2/c1-13(2)8-10-17-11-9-16-15(12-17)14-6-4-3-5-7-14/h8,14-16H,3-7,9-12H2,1-2H3. The van der Waals surface area contributed by atoms with E-state index in [2.05, 4.69) is 30.1 Å². The highest BCUT2D eigenvalue weighted by atomic mass is 15.2. The van der Waals surface area contributed by atoms with Gasteiger partial charge in [-0.2, -0.15) is 0 Å². The summed E-state index contributed by atoms with van der Waals surface area (Å²) in [4.78, 5) is 2.61. The van der Waals surface area contributed by atoms with Gasteiger partial charge in [-0.25, -0.2) is 0 Å². The highest BCUT2D eigenvalue weighted by Gasteiger charge is 2.27. The van der Waals surface area contributed by atoms with Gasteiger partial charge in [0, 0.05) is 32.2 Å². The lowest BCUT2D eigenvalue weighted by molar-refractivity contribution is 0.156. The molecule has 0 bridgehead atoms. The zero-order valence-electron chi connectivity index (χ0n) is 11.5. The molecule has 2 fully saturated rings. The number of hydrogen-bond donors (Lipinski definition) is 1. The number of rotatable bonds is 3. The topological polar surface area (TPSA) is 15.3 Å². The maximum atomic E-state index is 3.74. The van der Waals surface area contributed by atoms with Crippen LogP contribution in [0.2, 0.25) is 0 Å². The Bertz CT molecular complexity index is 250.